The predicted octanol–water partition coefficient (Wildman–Crippen LogP) is 2.50. The summed E-state index contributed by atoms with van der Waals surface area (Å²) in [5.74, 6) is 0.664. The molecule has 2 rings (SSSR count). The van der Waals surface area contributed by atoms with Crippen LogP contribution >= 0.6 is 27.3 Å². The summed E-state index contributed by atoms with van der Waals surface area (Å²) in [7, 11) is 1.81. The summed E-state index contributed by atoms with van der Waals surface area (Å²) in [5.41, 5.74) is 0. The van der Waals surface area contributed by atoms with Crippen molar-refractivity contribution in [2.45, 2.75) is 0 Å². The highest BCUT2D eigenvalue weighted by molar-refractivity contribution is 9.11. The first kappa shape index (κ1) is 7.94. The Bertz CT molecular complexity index is 412. The first-order chi connectivity index (χ1) is 5.79. The molecule has 0 aromatic carbocycles. The fourth-order valence-electron chi connectivity index (χ4n) is 0.921. The molecular formula is C7H6BrN3S. The van der Waals surface area contributed by atoms with Crippen LogP contribution in [0.15, 0.2) is 16.0 Å². The second kappa shape index (κ2) is 2.99. The number of nitrogens with one attached hydrogen (secondary N) is 1. The smallest absolute Gasteiger partial charge is 0.223 e. The summed E-state index contributed by atoms with van der Waals surface area (Å²) >= 11 is 5.01. The van der Waals surface area contributed by atoms with Crippen LogP contribution < -0.4 is 5.32 Å². The van der Waals surface area contributed by atoms with Gasteiger partial charge in [-0.3, -0.25) is 0 Å². The highest BCUT2D eigenvalue weighted by Crippen LogP contribution is 2.27. The standard InChI is InChI=1S/C7H6BrN3S/c1-9-7-10-3-4-2-5(8)12-6(4)11-7/h2-3H,1H3,(H,9,10,11). The van der Waals surface area contributed by atoms with Gasteiger partial charge in [0.2, 0.25) is 5.95 Å². The molecule has 1 N–H and O–H groups in total. The Hall–Kier alpha value is -0.680. The molecule has 3 nitrogen and oxygen atoms in total. The van der Waals surface area contributed by atoms with Gasteiger partial charge in [-0.1, -0.05) is 0 Å². The molecule has 2 heterocycles. The molecule has 0 spiro atoms. The summed E-state index contributed by atoms with van der Waals surface area (Å²) in [4.78, 5) is 9.38. The Kier molecular flexibility index (Phi) is 1.98. The van der Waals surface area contributed by atoms with Gasteiger partial charge in [-0.15, -0.1) is 11.3 Å². The molecule has 0 radical (unpaired) electrons. The van der Waals surface area contributed by atoms with Gasteiger partial charge in [-0.25, -0.2) is 9.97 Å². The summed E-state index contributed by atoms with van der Waals surface area (Å²) in [6.45, 7) is 0. The fraction of sp³-hybridized carbons (Fsp3) is 0.143. The van der Waals surface area contributed by atoms with E-state index in [9.17, 15) is 0 Å². The predicted molar refractivity (Wildman–Crippen MR) is 54.7 cm³/mol. The quantitative estimate of drug-likeness (QED) is 0.837. The number of thiophene rings is 1. The van der Waals surface area contributed by atoms with Gasteiger partial charge in [-0.05, 0) is 22.0 Å². The Balaban J connectivity index is 2.66. The lowest BCUT2D eigenvalue weighted by Gasteiger charge is -1.94. The van der Waals surface area contributed by atoms with Crippen LogP contribution in [0.4, 0.5) is 5.95 Å². The summed E-state index contributed by atoms with van der Waals surface area (Å²) in [6, 6.07) is 2.01. The molecular weight excluding hydrogens is 238 g/mol. The Morgan fingerprint density at radius 2 is 2.42 bits per heavy atom. The minimum absolute atomic E-state index is 0.664. The van der Waals surface area contributed by atoms with E-state index >= 15 is 0 Å². The summed E-state index contributed by atoms with van der Waals surface area (Å²) in [6.07, 6.45) is 1.81. The van der Waals surface area contributed by atoms with E-state index in [1.165, 1.54) is 0 Å². The van der Waals surface area contributed by atoms with E-state index in [1.54, 1.807) is 11.3 Å². The molecule has 0 aliphatic heterocycles. The van der Waals surface area contributed by atoms with E-state index in [-0.39, 0.29) is 0 Å². The first-order valence-corrected chi connectivity index (χ1v) is 5.00. The molecule has 62 valence electrons. The van der Waals surface area contributed by atoms with Gasteiger partial charge >= 0.3 is 0 Å². The average Bonchev–Trinajstić information content (AvgIpc) is 2.43. The number of anilines is 1. The molecule has 2 aromatic heterocycles. The molecule has 0 unspecified atom stereocenters. The normalized spacial score (nSPS) is 10.5. The molecule has 0 amide bonds. The van der Waals surface area contributed by atoms with Crippen molar-refractivity contribution >= 4 is 43.4 Å². The van der Waals surface area contributed by atoms with Crippen LogP contribution in [0.1, 0.15) is 0 Å². The SMILES string of the molecule is CNc1ncc2cc(Br)sc2n1. The fourth-order valence-corrected chi connectivity index (χ4v) is 2.36. The number of nitrogens with zero attached hydrogens (tertiary/aromatic N) is 2. The molecule has 12 heavy (non-hydrogen) atoms. The molecule has 0 fully saturated rings. The van der Waals surface area contributed by atoms with Crippen molar-refractivity contribution in [2.75, 3.05) is 12.4 Å². The molecule has 0 aliphatic carbocycles. The second-order valence-corrected chi connectivity index (χ2v) is 4.66. The van der Waals surface area contributed by atoms with Crippen LogP contribution in [0.3, 0.4) is 0 Å². The maximum Gasteiger partial charge on any atom is 0.223 e. The van der Waals surface area contributed by atoms with Crippen LogP contribution in [-0.2, 0) is 0 Å². The zero-order valence-electron chi connectivity index (χ0n) is 6.34. The number of aromatic nitrogens is 2. The Morgan fingerprint density at radius 3 is 3.17 bits per heavy atom. The third-order valence-electron chi connectivity index (χ3n) is 1.47. The highest BCUT2D eigenvalue weighted by Gasteiger charge is 2.01. The first-order valence-electron chi connectivity index (χ1n) is 3.39. The second-order valence-electron chi connectivity index (χ2n) is 2.25. The highest BCUT2D eigenvalue weighted by atomic mass is 79.9. The molecule has 5 heteroatoms. The van der Waals surface area contributed by atoms with E-state index in [1.807, 2.05) is 19.3 Å². The van der Waals surface area contributed by atoms with Gasteiger partial charge in [0, 0.05) is 18.6 Å². The van der Waals surface area contributed by atoms with Crippen LogP contribution in [0, 0.1) is 0 Å². The van der Waals surface area contributed by atoms with Gasteiger partial charge < -0.3 is 5.32 Å². The van der Waals surface area contributed by atoms with Crippen molar-refractivity contribution in [3.05, 3.63) is 16.0 Å². The number of hydrogen-bond donors (Lipinski definition) is 1. The monoisotopic (exact) mass is 243 g/mol. The van der Waals surface area contributed by atoms with Crippen molar-refractivity contribution in [3.8, 4) is 0 Å². The molecule has 0 saturated carbocycles. The van der Waals surface area contributed by atoms with Crippen LogP contribution in [0.25, 0.3) is 10.2 Å². The van der Waals surface area contributed by atoms with Gasteiger partial charge in [0.15, 0.2) is 0 Å². The maximum atomic E-state index is 4.28. The van der Waals surface area contributed by atoms with E-state index in [0.29, 0.717) is 5.95 Å². The van der Waals surface area contributed by atoms with E-state index in [0.717, 1.165) is 14.0 Å². The lowest BCUT2D eigenvalue weighted by Crippen LogP contribution is -1.93. The van der Waals surface area contributed by atoms with Crippen LogP contribution in [-0.4, -0.2) is 17.0 Å². The average molecular weight is 244 g/mol. The zero-order valence-corrected chi connectivity index (χ0v) is 8.74. The van der Waals surface area contributed by atoms with Crippen LogP contribution in [0.2, 0.25) is 0 Å². The maximum absolute atomic E-state index is 4.28. The number of hydrogen-bond acceptors (Lipinski definition) is 4. The third kappa shape index (κ3) is 1.30. The van der Waals surface area contributed by atoms with Crippen LogP contribution in [0.5, 0.6) is 0 Å². The lowest BCUT2D eigenvalue weighted by atomic mass is 10.4. The van der Waals surface area contributed by atoms with E-state index in [4.69, 9.17) is 0 Å². The molecule has 0 atom stereocenters. The van der Waals surface area contributed by atoms with E-state index < -0.39 is 0 Å². The molecule has 0 bridgehead atoms. The zero-order chi connectivity index (χ0) is 8.55. The van der Waals surface area contributed by atoms with Gasteiger partial charge in [0.05, 0.1) is 3.79 Å². The third-order valence-corrected chi connectivity index (χ3v) is 3.01. The molecule has 0 aliphatic rings. The topological polar surface area (TPSA) is 37.8 Å². The van der Waals surface area contributed by atoms with Crippen molar-refractivity contribution in [3.63, 3.8) is 0 Å². The van der Waals surface area contributed by atoms with Gasteiger partial charge in [0.1, 0.15) is 4.83 Å². The Morgan fingerprint density at radius 1 is 1.58 bits per heavy atom. The summed E-state index contributed by atoms with van der Waals surface area (Å²) in [5, 5.41) is 3.97. The Labute approximate surface area is 82.0 Å². The number of rotatable bonds is 1. The van der Waals surface area contributed by atoms with Crippen molar-refractivity contribution in [1.29, 1.82) is 0 Å². The van der Waals surface area contributed by atoms with Gasteiger partial charge in [-0.2, -0.15) is 0 Å². The van der Waals surface area contributed by atoms with Crippen molar-refractivity contribution in [1.82, 2.24) is 9.97 Å². The van der Waals surface area contributed by atoms with Crippen molar-refractivity contribution in [2.24, 2.45) is 0 Å². The summed E-state index contributed by atoms with van der Waals surface area (Å²) < 4.78 is 1.08. The lowest BCUT2D eigenvalue weighted by molar-refractivity contribution is 1.20. The van der Waals surface area contributed by atoms with E-state index in [2.05, 4.69) is 31.2 Å². The largest absolute Gasteiger partial charge is 0.357 e. The molecule has 2 aromatic rings. The van der Waals surface area contributed by atoms with Gasteiger partial charge in [0.25, 0.3) is 0 Å². The molecule has 0 saturated heterocycles. The minimum Gasteiger partial charge on any atom is -0.357 e. The number of fused-ring (bicyclic) bond motifs is 1. The van der Waals surface area contributed by atoms with Crippen molar-refractivity contribution < 1.29 is 0 Å². The minimum atomic E-state index is 0.664. The number of halogens is 1.